The van der Waals surface area contributed by atoms with E-state index in [0.29, 0.717) is 117 Å². The van der Waals surface area contributed by atoms with Gasteiger partial charge in [-0.25, -0.2) is 0 Å². The van der Waals surface area contributed by atoms with Gasteiger partial charge in [0.2, 0.25) is 71.4 Å². The zero-order chi connectivity index (χ0) is 55.5. The summed E-state index contributed by atoms with van der Waals surface area (Å²) in [4.78, 5) is 54.5. The van der Waals surface area contributed by atoms with E-state index in [-0.39, 0.29) is 91.0 Å². The van der Waals surface area contributed by atoms with Gasteiger partial charge in [0.05, 0.1) is 0 Å². The van der Waals surface area contributed by atoms with Gasteiger partial charge >= 0.3 is 43.4 Å². The molecule has 0 N–H and O–H groups in total. The van der Waals surface area contributed by atoms with Crippen LogP contribution in [-0.2, 0) is 48.2 Å². The summed E-state index contributed by atoms with van der Waals surface area (Å²) in [5.74, 6) is 0.776. The number of ether oxygens (including phenoxy) is 1. The second-order valence-electron chi connectivity index (χ2n) is 14.9. The smallest absolute Gasteiger partial charge is 0.756 e. The first kappa shape index (κ1) is 71.8. The van der Waals surface area contributed by atoms with E-state index in [1.165, 1.54) is 69.2 Å². The number of anilines is 12. The van der Waals surface area contributed by atoms with Crippen LogP contribution in [0.3, 0.4) is 0 Å². The van der Waals surface area contributed by atoms with Crippen LogP contribution in [-0.4, -0.2) is 182 Å². The number of hydroxylamine groups is 8. The zero-order valence-corrected chi connectivity index (χ0v) is 49.0. The normalized spacial score (nSPS) is 10.9. The number of hydrogen-bond acceptors (Lipinski definition) is 33. The molecule has 1 aliphatic rings. The van der Waals surface area contributed by atoms with Crippen LogP contribution in [0.4, 0.5) is 71.4 Å². The summed E-state index contributed by atoms with van der Waals surface area (Å²) in [6, 6.07) is 0. The van der Waals surface area contributed by atoms with Crippen molar-refractivity contribution in [1.82, 2.24) is 59.8 Å². The van der Waals surface area contributed by atoms with E-state index in [1.807, 2.05) is 75.0 Å². The van der Waals surface area contributed by atoms with E-state index in [4.69, 9.17) is 4.74 Å². The minimum Gasteiger partial charge on any atom is -0.756 e. The molecule has 35 heteroatoms. The molecular weight excluding hydrogens is 1060 g/mol. The first-order chi connectivity index (χ1) is 34.5. The maximum absolute atomic E-state index is 11.2. The SMILES string of the molecule is C1CCOC1.CCN(CC)c1nc(N(C)[O-])nc(N(C)[O-])n1.CCN(CC)c1nc(N(C)[O-])nc(N(C)[O-])n1.CCN(CC)c1nc(N(C)[O-])nc(N(C)[O-])n1.CCN(CC)c1nc(N(C)[O-])nc(N(C)[O-])n1.[Ti+4].[Ti+4]. The number of nitrogens with zero attached hydrogens (tertiary/aromatic N) is 24. The molecule has 5 rings (SSSR count). The second-order valence-corrected chi connectivity index (χ2v) is 14.9. The Balaban J connectivity index is 0. The van der Waals surface area contributed by atoms with Gasteiger partial charge in [0.25, 0.3) is 0 Å². The number of aromatic nitrogens is 12. The predicted molar refractivity (Wildman–Crippen MR) is 288 cm³/mol. The molecule has 4 aromatic rings. The molecule has 1 aliphatic heterocycles. The molecule has 0 spiro atoms. The molecule has 1 saturated heterocycles. The topological polar surface area (TPSA) is 387 Å². The van der Waals surface area contributed by atoms with Crippen LogP contribution in [0.1, 0.15) is 68.2 Å². The van der Waals surface area contributed by atoms with Crippen molar-refractivity contribution in [3.8, 4) is 0 Å². The summed E-state index contributed by atoms with van der Waals surface area (Å²) in [7, 11) is 10.2. The molecule has 0 aromatic carbocycles. The van der Waals surface area contributed by atoms with Gasteiger partial charge in [0.15, 0.2) is 0 Å². The van der Waals surface area contributed by atoms with Crippen molar-refractivity contribution >= 4 is 71.4 Å². The Bertz CT molecular complexity index is 1740. The van der Waals surface area contributed by atoms with Crippen molar-refractivity contribution < 1.29 is 48.2 Å². The Morgan fingerprint density at radius 1 is 0.267 bits per heavy atom. The van der Waals surface area contributed by atoms with Gasteiger partial charge in [0.1, 0.15) is 0 Å². The molecule has 4 aromatic heterocycles. The van der Waals surface area contributed by atoms with Crippen LogP contribution >= 0.6 is 0 Å². The summed E-state index contributed by atoms with van der Waals surface area (Å²) < 4.78 is 4.94. The molecule has 5 heterocycles. The molecule has 75 heavy (non-hydrogen) atoms. The molecule has 0 radical (unpaired) electrons. The van der Waals surface area contributed by atoms with Crippen molar-refractivity contribution in [2.24, 2.45) is 0 Å². The van der Waals surface area contributed by atoms with Crippen molar-refractivity contribution in [2.75, 3.05) is 182 Å². The van der Waals surface area contributed by atoms with Crippen LogP contribution in [0.25, 0.3) is 0 Å². The third-order valence-corrected chi connectivity index (χ3v) is 9.67. The summed E-state index contributed by atoms with van der Waals surface area (Å²) in [6.07, 6.45) is 2.56. The van der Waals surface area contributed by atoms with Crippen LogP contribution in [0.5, 0.6) is 0 Å². The van der Waals surface area contributed by atoms with Crippen molar-refractivity contribution in [3.05, 3.63) is 41.7 Å². The van der Waals surface area contributed by atoms with Crippen molar-refractivity contribution in [3.63, 3.8) is 0 Å². The average Bonchev–Trinajstić information content (AvgIpc) is 3.97. The Hall–Kier alpha value is -5.29. The Morgan fingerprint density at radius 2 is 0.387 bits per heavy atom. The first-order valence-corrected chi connectivity index (χ1v) is 23.4. The molecule has 0 saturated carbocycles. The fourth-order valence-electron chi connectivity index (χ4n) is 5.60. The van der Waals surface area contributed by atoms with E-state index < -0.39 is 0 Å². The standard InChI is InChI=1S/4C9H16N6O2.C4H8O.2Ti/c4*1-5-15(6-2)9-11-7(13(3)16)10-8(12-9)14(4)17;1-2-4-5-3-1;;/h4*5-6H2,1-4H3;1-4H2;;/q4*-2;;2*+4. The zero-order valence-electron chi connectivity index (χ0n) is 45.9. The fourth-order valence-corrected chi connectivity index (χ4v) is 5.60. The number of hydrogen-bond donors (Lipinski definition) is 0. The first-order valence-electron chi connectivity index (χ1n) is 23.4. The van der Waals surface area contributed by atoms with E-state index >= 15 is 0 Å². The molecule has 0 unspecified atom stereocenters. The molecule has 33 nitrogen and oxygen atoms in total. The average molecular weight is 1130 g/mol. The van der Waals surface area contributed by atoms with Crippen LogP contribution in [0.2, 0.25) is 0 Å². The monoisotopic (exact) mass is 1130 g/mol. The summed E-state index contributed by atoms with van der Waals surface area (Å²) in [6.45, 7) is 23.0. The van der Waals surface area contributed by atoms with Gasteiger partial charge in [-0.1, -0.05) is 0 Å². The quantitative estimate of drug-likeness (QED) is 0.0906. The van der Waals surface area contributed by atoms with E-state index in [2.05, 4.69) is 59.8 Å². The molecular formula is C40H72N24O9Ti2. The predicted octanol–water partition coefficient (Wildman–Crippen LogP) is 3.14. The van der Waals surface area contributed by atoms with Gasteiger partial charge in [-0.15, -0.1) is 0 Å². The second kappa shape index (κ2) is 37.5. The largest absolute Gasteiger partial charge is 4.00 e. The Labute approximate surface area is 469 Å². The van der Waals surface area contributed by atoms with Gasteiger partial charge < -0.3 is 107 Å². The van der Waals surface area contributed by atoms with Gasteiger partial charge in [-0.2, -0.15) is 59.8 Å². The molecule has 0 aliphatic carbocycles. The summed E-state index contributed by atoms with van der Waals surface area (Å²) in [5, 5.41) is 93.6. The summed E-state index contributed by atoms with van der Waals surface area (Å²) >= 11 is 0. The minimum absolute atomic E-state index is 0. The van der Waals surface area contributed by atoms with Crippen molar-refractivity contribution in [2.45, 2.75) is 68.2 Å². The molecule has 414 valence electrons. The third-order valence-electron chi connectivity index (χ3n) is 9.67. The third kappa shape index (κ3) is 24.5. The Kier molecular flexibility index (Phi) is 35.8. The molecule has 1 fully saturated rings. The number of rotatable bonds is 20. The van der Waals surface area contributed by atoms with Crippen molar-refractivity contribution in [1.29, 1.82) is 0 Å². The molecule has 0 atom stereocenters. The fraction of sp³-hybridized carbons (Fsp3) is 0.700. The summed E-state index contributed by atoms with van der Waals surface area (Å²) in [5.41, 5.74) is 0. The molecule has 0 amide bonds. The van der Waals surface area contributed by atoms with Gasteiger partial charge in [-0.3, -0.25) is 0 Å². The van der Waals surface area contributed by atoms with E-state index in [1.54, 1.807) is 0 Å². The van der Waals surface area contributed by atoms with E-state index in [9.17, 15) is 41.7 Å². The van der Waals surface area contributed by atoms with E-state index in [0.717, 1.165) is 13.2 Å². The Morgan fingerprint density at radius 3 is 0.467 bits per heavy atom. The van der Waals surface area contributed by atoms with Gasteiger partial charge in [-0.05, 0) is 125 Å². The maximum atomic E-state index is 11.2. The maximum Gasteiger partial charge on any atom is 4.00 e. The van der Waals surface area contributed by atoms with Gasteiger partial charge in [0, 0.05) is 65.6 Å². The van der Waals surface area contributed by atoms with Crippen LogP contribution in [0, 0.1) is 41.7 Å². The van der Waals surface area contributed by atoms with Crippen LogP contribution < -0.4 is 60.1 Å². The van der Waals surface area contributed by atoms with Crippen LogP contribution in [0.15, 0.2) is 0 Å². The molecule has 0 bridgehead atoms. The minimum atomic E-state index is -0.0698.